The monoisotopic (exact) mass is 349 g/mol. The minimum absolute atomic E-state index is 0. The summed E-state index contributed by atoms with van der Waals surface area (Å²) in [5.74, 6) is 1.80. The minimum atomic E-state index is 0. The lowest BCUT2D eigenvalue weighted by Gasteiger charge is -2.35. The number of halogens is 2. The van der Waals surface area contributed by atoms with Gasteiger partial charge in [0, 0.05) is 38.6 Å². The lowest BCUT2D eigenvalue weighted by Crippen LogP contribution is -2.50. The van der Waals surface area contributed by atoms with Crippen molar-refractivity contribution < 1.29 is 4.79 Å². The van der Waals surface area contributed by atoms with Crippen LogP contribution >= 0.6 is 24.8 Å². The predicted octanol–water partition coefficient (Wildman–Crippen LogP) is 1.77. The highest BCUT2D eigenvalue weighted by molar-refractivity contribution is 5.85. The van der Waals surface area contributed by atoms with E-state index in [2.05, 4.69) is 15.1 Å². The van der Waals surface area contributed by atoms with Crippen molar-refractivity contribution in [3.63, 3.8) is 0 Å². The number of hydrogen-bond acceptors (Lipinski definition) is 3. The number of hydrogen-bond donors (Lipinski definition) is 1. The average molecular weight is 350 g/mol. The molecule has 2 heterocycles. The van der Waals surface area contributed by atoms with E-state index >= 15 is 0 Å². The van der Waals surface area contributed by atoms with E-state index in [9.17, 15) is 4.79 Å². The normalized spacial score (nSPS) is 30.4. The summed E-state index contributed by atoms with van der Waals surface area (Å²) in [5, 5.41) is 3.42. The highest BCUT2D eigenvalue weighted by Crippen LogP contribution is 2.59. The molecule has 2 saturated carbocycles. The van der Waals surface area contributed by atoms with Gasteiger partial charge in [-0.15, -0.1) is 24.8 Å². The molecule has 1 amide bonds. The Morgan fingerprint density at radius 1 is 1.05 bits per heavy atom. The molecule has 2 aliphatic heterocycles. The van der Waals surface area contributed by atoms with Crippen LogP contribution in [-0.4, -0.2) is 61.5 Å². The molecule has 4 nitrogen and oxygen atoms in total. The van der Waals surface area contributed by atoms with Crippen molar-refractivity contribution in [1.29, 1.82) is 0 Å². The van der Waals surface area contributed by atoms with E-state index in [4.69, 9.17) is 0 Å². The molecule has 22 heavy (non-hydrogen) atoms. The maximum Gasteiger partial charge on any atom is 0.226 e. The zero-order valence-electron chi connectivity index (χ0n) is 13.3. The molecule has 4 rings (SSSR count). The molecular weight excluding hydrogens is 321 g/mol. The standard InChI is InChI=1S/C16H27N3O.2ClH/c20-15(14-11-16(14)3-5-17-6-4-16)19-9-7-18(8-10-19)12-13-1-2-13;;/h13-14,17H,1-12H2;2*1H. The highest BCUT2D eigenvalue weighted by atomic mass is 35.5. The van der Waals surface area contributed by atoms with E-state index in [1.165, 1.54) is 32.2 Å². The van der Waals surface area contributed by atoms with Crippen LogP contribution in [0.1, 0.15) is 32.1 Å². The predicted molar refractivity (Wildman–Crippen MR) is 92.9 cm³/mol. The largest absolute Gasteiger partial charge is 0.340 e. The van der Waals surface area contributed by atoms with Crippen molar-refractivity contribution in [3.05, 3.63) is 0 Å². The molecule has 128 valence electrons. The Kier molecular flexibility index (Phi) is 6.03. The van der Waals surface area contributed by atoms with E-state index in [1.54, 1.807) is 0 Å². The summed E-state index contributed by atoms with van der Waals surface area (Å²) in [4.78, 5) is 17.4. The van der Waals surface area contributed by atoms with Gasteiger partial charge in [-0.05, 0) is 56.5 Å². The molecule has 4 fully saturated rings. The van der Waals surface area contributed by atoms with Crippen LogP contribution in [0.3, 0.4) is 0 Å². The van der Waals surface area contributed by atoms with Crippen molar-refractivity contribution >= 4 is 30.7 Å². The number of piperidine rings is 1. The van der Waals surface area contributed by atoms with E-state index in [1.807, 2.05) is 0 Å². The van der Waals surface area contributed by atoms with Gasteiger partial charge in [-0.3, -0.25) is 9.69 Å². The average Bonchev–Trinajstić information content (AvgIpc) is 3.39. The maximum absolute atomic E-state index is 12.7. The zero-order valence-corrected chi connectivity index (χ0v) is 14.9. The molecule has 0 aromatic carbocycles. The van der Waals surface area contributed by atoms with Crippen LogP contribution in [0.25, 0.3) is 0 Å². The fourth-order valence-corrected chi connectivity index (χ4v) is 4.21. The Labute approximate surface area is 146 Å². The lowest BCUT2D eigenvalue weighted by molar-refractivity contribution is -0.135. The number of amides is 1. The van der Waals surface area contributed by atoms with Crippen LogP contribution in [0.4, 0.5) is 0 Å². The molecule has 2 saturated heterocycles. The van der Waals surface area contributed by atoms with Crippen LogP contribution in [0.2, 0.25) is 0 Å². The second-order valence-corrected chi connectivity index (χ2v) is 7.44. The summed E-state index contributed by atoms with van der Waals surface area (Å²) in [6.45, 7) is 7.64. The van der Waals surface area contributed by atoms with Gasteiger partial charge in [-0.2, -0.15) is 0 Å². The molecule has 4 aliphatic rings. The van der Waals surface area contributed by atoms with E-state index in [0.717, 1.165) is 51.6 Å². The number of carbonyl (C=O) groups excluding carboxylic acids is 1. The van der Waals surface area contributed by atoms with Crippen LogP contribution < -0.4 is 5.32 Å². The number of rotatable bonds is 3. The van der Waals surface area contributed by atoms with Crippen molar-refractivity contribution in [3.8, 4) is 0 Å². The van der Waals surface area contributed by atoms with Gasteiger partial charge < -0.3 is 10.2 Å². The van der Waals surface area contributed by atoms with Crippen LogP contribution in [0, 0.1) is 17.3 Å². The highest BCUT2D eigenvalue weighted by Gasteiger charge is 2.58. The Balaban J connectivity index is 0.000000882. The molecule has 0 aromatic heterocycles. The number of nitrogens with zero attached hydrogens (tertiary/aromatic N) is 2. The smallest absolute Gasteiger partial charge is 0.226 e. The fraction of sp³-hybridized carbons (Fsp3) is 0.938. The van der Waals surface area contributed by atoms with Crippen molar-refractivity contribution in [2.24, 2.45) is 17.3 Å². The van der Waals surface area contributed by atoms with Gasteiger partial charge in [0.25, 0.3) is 0 Å². The number of nitrogens with one attached hydrogen (secondary N) is 1. The lowest BCUT2D eigenvalue weighted by atomic mass is 9.91. The van der Waals surface area contributed by atoms with Gasteiger partial charge in [0.2, 0.25) is 5.91 Å². The van der Waals surface area contributed by atoms with Crippen LogP contribution in [0.5, 0.6) is 0 Å². The molecule has 2 aliphatic carbocycles. The first-order chi connectivity index (χ1) is 9.77. The second kappa shape index (κ2) is 7.25. The van der Waals surface area contributed by atoms with Gasteiger partial charge in [-0.25, -0.2) is 0 Å². The molecule has 0 radical (unpaired) electrons. The van der Waals surface area contributed by atoms with E-state index in [-0.39, 0.29) is 24.8 Å². The van der Waals surface area contributed by atoms with Crippen molar-refractivity contribution in [1.82, 2.24) is 15.1 Å². The summed E-state index contributed by atoms with van der Waals surface area (Å²) in [6, 6.07) is 0. The van der Waals surface area contributed by atoms with Gasteiger partial charge in [0.1, 0.15) is 0 Å². The molecule has 1 atom stereocenters. The SMILES string of the molecule is Cl.Cl.O=C(C1CC12CCNCC2)N1CCN(CC2CC2)CC1. The maximum atomic E-state index is 12.7. The first kappa shape index (κ1) is 18.3. The Morgan fingerprint density at radius 2 is 1.68 bits per heavy atom. The summed E-state index contributed by atoms with van der Waals surface area (Å²) in [7, 11) is 0. The first-order valence-electron chi connectivity index (χ1n) is 8.49. The van der Waals surface area contributed by atoms with Crippen molar-refractivity contribution in [2.45, 2.75) is 32.1 Å². The minimum Gasteiger partial charge on any atom is -0.340 e. The first-order valence-corrected chi connectivity index (χ1v) is 8.49. The third-order valence-electron chi connectivity index (χ3n) is 5.98. The van der Waals surface area contributed by atoms with E-state index in [0.29, 0.717) is 17.2 Å². The molecule has 1 unspecified atom stereocenters. The quantitative estimate of drug-likeness (QED) is 0.843. The number of carbonyl (C=O) groups is 1. The van der Waals surface area contributed by atoms with Gasteiger partial charge in [-0.1, -0.05) is 0 Å². The van der Waals surface area contributed by atoms with Crippen LogP contribution in [0.15, 0.2) is 0 Å². The molecule has 0 aromatic rings. The summed E-state index contributed by atoms with van der Waals surface area (Å²) in [5.41, 5.74) is 0.396. The number of piperazine rings is 1. The topological polar surface area (TPSA) is 35.6 Å². The molecule has 1 N–H and O–H groups in total. The molecule has 0 bridgehead atoms. The Bertz CT molecular complexity index is 389. The van der Waals surface area contributed by atoms with Crippen LogP contribution in [-0.2, 0) is 4.79 Å². The second-order valence-electron chi connectivity index (χ2n) is 7.44. The van der Waals surface area contributed by atoms with Gasteiger partial charge >= 0.3 is 0 Å². The Hall–Kier alpha value is -0.0300. The molecular formula is C16H29Cl2N3O. The van der Waals surface area contributed by atoms with Gasteiger partial charge in [0.15, 0.2) is 0 Å². The zero-order chi connectivity index (χ0) is 13.6. The Morgan fingerprint density at radius 3 is 2.27 bits per heavy atom. The third kappa shape index (κ3) is 3.72. The summed E-state index contributed by atoms with van der Waals surface area (Å²) >= 11 is 0. The molecule has 6 heteroatoms. The van der Waals surface area contributed by atoms with Gasteiger partial charge in [0.05, 0.1) is 0 Å². The summed E-state index contributed by atoms with van der Waals surface area (Å²) < 4.78 is 0. The fourth-order valence-electron chi connectivity index (χ4n) is 4.21. The van der Waals surface area contributed by atoms with Crippen molar-refractivity contribution in [2.75, 3.05) is 45.8 Å². The summed E-state index contributed by atoms with van der Waals surface area (Å²) in [6.07, 6.45) is 6.45. The van der Waals surface area contributed by atoms with E-state index < -0.39 is 0 Å². The molecule has 1 spiro atoms. The third-order valence-corrected chi connectivity index (χ3v) is 5.98.